The van der Waals surface area contributed by atoms with Gasteiger partial charge in [-0.25, -0.2) is 9.97 Å². The van der Waals surface area contributed by atoms with E-state index in [1.54, 1.807) is 23.9 Å². The van der Waals surface area contributed by atoms with E-state index in [0.717, 1.165) is 37.9 Å². The van der Waals surface area contributed by atoms with Crippen molar-refractivity contribution in [2.45, 2.75) is 13.0 Å². The molecule has 1 aromatic carbocycles. The summed E-state index contributed by atoms with van der Waals surface area (Å²) in [6.07, 6.45) is 3.39. The maximum atomic E-state index is 6.02. The Morgan fingerprint density at radius 1 is 1.04 bits per heavy atom. The maximum absolute atomic E-state index is 6.02. The van der Waals surface area contributed by atoms with Gasteiger partial charge in [-0.15, -0.1) is 11.3 Å². The van der Waals surface area contributed by atoms with Crippen molar-refractivity contribution in [2.75, 3.05) is 5.32 Å². The summed E-state index contributed by atoms with van der Waals surface area (Å²) in [4.78, 5) is 14.3. The second-order valence-corrected chi connectivity index (χ2v) is 6.97. The van der Waals surface area contributed by atoms with Gasteiger partial charge in [0.05, 0.1) is 17.1 Å². The number of halogens is 1. The van der Waals surface area contributed by atoms with Crippen LogP contribution in [-0.4, -0.2) is 15.0 Å². The highest BCUT2D eigenvalue weighted by Crippen LogP contribution is 2.37. The highest BCUT2D eigenvalue weighted by atomic mass is 35.5. The molecule has 4 aromatic rings. The monoisotopic (exact) mass is 366 g/mol. The zero-order chi connectivity index (χ0) is 17.2. The Morgan fingerprint density at radius 3 is 2.64 bits per heavy atom. The molecule has 0 aliphatic carbocycles. The van der Waals surface area contributed by atoms with Crippen LogP contribution in [0.1, 0.15) is 18.7 Å². The van der Waals surface area contributed by atoms with Gasteiger partial charge in [0.1, 0.15) is 17.0 Å². The van der Waals surface area contributed by atoms with E-state index in [2.05, 4.69) is 32.6 Å². The van der Waals surface area contributed by atoms with Gasteiger partial charge in [-0.3, -0.25) is 4.98 Å². The van der Waals surface area contributed by atoms with E-state index in [0.29, 0.717) is 0 Å². The summed E-state index contributed by atoms with van der Waals surface area (Å²) >= 11 is 7.63. The Balaban J connectivity index is 1.76. The summed E-state index contributed by atoms with van der Waals surface area (Å²) in [6, 6.07) is 13.8. The predicted octanol–water partition coefficient (Wildman–Crippen LogP) is 5.58. The molecule has 1 N–H and O–H groups in total. The van der Waals surface area contributed by atoms with Crippen molar-refractivity contribution in [3.63, 3.8) is 0 Å². The summed E-state index contributed by atoms with van der Waals surface area (Å²) in [5.41, 5.74) is 3.17. The summed E-state index contributed by atoms with van der Waals surface area (Å²) in [5.74, 6) is 0.814. The van der Waals surface area contributed by atoms with Crippen LogP contribution in [-0.2, 0) is 0 Å². The molecule has 0 spiro atoms. The highest BCUT2D eigenvalue weighted by Gasteiger charge is 2.15. The fourth-order valence-electron chi connectivity index (χ4n) is 2.74. The van der Waals surface area contributed by atoms with Crippen LogP contribution in [0, 0.1) is 0 Å². The van der Waals surface area contributed by atoms with Gasteiger partial charge in [-0.2, -0.15) is 0 Å². The fourth-order valence-corrected chi connectivity index (χ4v) is 3.78. The van der Waals surface area contributed by atoms with Crippen molar-refractivity contribution >= 4 is 39.0 Å². The van der Waals surface area contributed by atoms with E-state index < -0.39 is 0 Å². The molecule has 0 aliphatic rings. The van der Waals surface area contributed by atoms with Crippen molar-refractivity contribution in [1.82, 2.24) is 15.0 Å². The number of fused-ring (bicyclic) bond motifs is 1. The van der Waals surface area contributed by atoms with Gasteiger partial charge in [0.15, 0.2) is 0 Å². The lowest BCUT2D eigenvalue weighted by molar-refractivity contribution is 0.833. The molecule has 3 aromatic heterocycles. The molecule has 0 aliphatic heterocycles. The lowest BCUT2D eigenvalue weighted by Gasteiger charge is -2.15. The molecule has 0 radical (unpaired) electrons. The van der Waals surface area contributed by atoms with Crippen LogP contribution < -0.4 is 5.32 Å². The number of nitrogens with one attached hydrogen (secondary N) is 1. The van der Waals surface area contributed by atoms with E-state index in [-0.39, 0.29) is 6.04 Å². The predicted molar refractivity (Wildman–Crippen MR) is 104 cm³/mol. The zero-order valence-corrected chi connectivity index (χ0v) is 15.1. The molecule has 1 atom stereocenters. The van der Waals surface area contributed by atoms with Crippen LogP contribution in [0.5, 0.6) is 0 Å². The molecule has 4 rings (SSSR count). The Bertz CT molecular complexity index is 999. The average molecular weight is 367 g/mol. The van der Waals surface area contributed by atoms with Gasteiger partial charge in [0, 0.05) is 22.2 Å². The Labute approximate surface area is 154 Å². The van der Waals surface area contributed by atoms with Crippen molar-refractivity contribution in [3.05, 3.63) is 71.1 Å². The minimum absolute atomic E-state index is 0.0391. The van der Waals surface area contributed by atoms with E-state index in [1.807, 2.05) is 42.5 Å². The third kappa shape index (κ3) is 3.21. The Morgan fingerprint density at radius 2 is 1.88 bits per heavy atom. The number of nitrogens with zero attached hydrogens (tertiary/aromatic N) is 3. The Hall–Kier alpha value is -2.50. The molecule has 0 saturated heterocycles. The van der Waals surface area contributed by atoms with Gasteiger partial charge in [-0.1, -0.05) is 29.8 Å². The number of aromatic nitrogens is 3. The Kier molecular flexibility index (Phi) is 4.34. The molecule has 0 amide bonds. The zero-order valence-electron chi connectivity index (χ0n) is 13.5. The quantitative estimate of drug-likeness (QED) is 0.512. The van der Waals surface area contributed by atoms with E-state index >= 15 is 0 Å². The summed E-state index contributed by atoms with van der Waals surface area (Å²) in [5, 5.41) is 7.34. The van der Waals surface area contributed by atoms with Crippen LogP contribution in [0.2, 0.25) is 5.02 Å². The minimum Gasteiger partial charge on any atom is -0.361 e. The lowest BCUT2D eigenvalue weighted by Crippen LogP contribution is -2.09. The van der Waals surface area contributed by atoms with Gasteiger partial charge in [-0.05, 0) is 36.8 Å². The van der Waals surface area contributed by atoms with Crippen molar-refractivity contribution in [2.24, 2.45) is 0 Å². The van der Waals surface area contributed by atoms with Crippen molar-refractivity contribution in [1.29, 1.82) is 0 Å². The first-order valence-electron chi connectivity index (χ1n) is 7.88. The molecule has 25 heavy (non-hydrogen) atoms. The molecular weight excluding hydrogens is 352 g/mol. The van der Waals surface area contributed by atoms with E-state index in [4.69, 9.17) is 11.6 Å². The minimum atomic E-state index is 0.0391. The molecule has 0 bridgehead atoms. The number of hydrogen-bond acceptors (Lipinski definition) is 5. The third-order valence-electron chi connectivity index (χ3n) is 4.01. The smallest absolute Gasteiger partial charge is 0.139 e. The first kappa shape index (κ1) is 16.0. The lowest BCUT2D eigenvalue weighted by atomic mass is 10.1. The number of benzene rings is 1. The first-order chi connectivity index (χ1) is 12.2. The number of hydrogen-bond donors (Lipinski definition) is 1. The summed E-state index contributed by atoms with van der Waals surface area (Å²) in [7, 11) is 0. The number of thiophene rings is 1. The van der Waals surface area contributed by atoms with Gasteiger partial charge in [0.25, 0.3) is 0 Å². The standard InChI is InChI=1S/C19H15ClN4S/c1-12(16-4-2-3-9-21-16)24-18-17-15(10-25-19(17)23-11-22-18)13-5-7-14(20)8-6-13/h2-12H,1H3,(H,22,23,24). The molecule has 0 fully saturated rings. The van der Waals surface area contributed by atoms with Crippen molar-refractivity contribution in [3.8, 4) is 11.1 Å². The van der Waals surface area contributed by atoms with Crippen LogP contribution >= 0.6 is 22.9 Å². The van der Waals surface area contributed by atoms with E-state index in [9.17, 15) is 0 Å². The number of pyridine rings is 1. The second kappa shape index (κ2) is 6.78. The van der Waals surface area contributed by atoms with Crippen LogP contribution in [0.4, 0.5) is 5.82 Å². The third-order valence-corrected chi connectivity index (χ3v) is 5.15. The largest absolute Gasteiger partial charge is 0.361 e. The van der Waals surface area contributed by atoms with Gasteiger partial charge in [0.2, 0.25) is 0 Å². The molecule has 124 valence electrons. The topological polar surface area (TPSA) is 50.7 Å². The van der Waals surface area contributed by atoms with E-state index in [1.165, 1.54) is 0 Å². The first-order valence-corrected chi connectivity index (χ1v) is 9.14. The molecule has 1 unspecified atom stereocenters. The maximum Gasteiger partial charge on any atom is 0.139 e. The second-order valence-electron chi connectivity index (χ2n) is 5.68. The highest BCUT2D eigenvalue weighted by molar-refractivity contribution is 7.17. The summed E-state index contributed by atoms with van der Waals surface area (Å²) < 4.78 is 0. The molecule has 6 heteroatoms. The molecule has 3 heterocycles. The van der Waals surface area contributed by atoms with Crippen LogP contribution in [0.3, 0.4) is 0 Å². The van der Waals surface area contributed by atoms with Gasteiger partial charge >= 0.3 is 0 Å². The fraction of sp³-hybridized carbons (Fsp3) is 0.105. The summed E-state index contributed by atoms with van der Waals surface area (Å²) in [6.45, 7) is 2.07. The van der Waals surface area contributed by atoms with Crippen LogP contribution in [0.25, 0.3) is 21.3 Å². The van der Waals surface area contributed by atoms with Crippen LogP contribution in [0.15, 0.2) is 60.4 Å². The molecule has 4 nitrogen and oxygen atoms in total. The molecular formula is C19H15ClN4S. The number of anilines is 1. The molecule has 0 saturated carbocycles. The SMILES string of the molecule is CC(Nc1ncnc2scc(-c3ccc(Cl)cc3)c12)c1ccccn1. The van der Waals surface area contributed by atoms with Crippen molar-refractivity contribution < 1.29 is 0 Å². The normalized spacial score (nSPS) is 12.2. The number of rotatable bonds is 4. The average Bonchev–Trinajstić information content (AvgIpc) is 3.08. The van der Waals surface area contributed by atoms with Gasteiger partial charge < -0.3 is 5.32 Å².